The van der Waals surface area contributed by atoms with E-state index in [9.17, 15) is 4.79 Å². The van der Waals surface area contributed by atoms with Crippen LogP contribution >= 0.6 is 0 Å². The predicted molar refractivity (Wildman–Crippen MR) is 82.7 cm³/mol. The maximum absolute atomic E-state index is 11.0. The van der Waals surface area contributed by atoms with Gasteiger partial charge in [-0.25, -0.2) is 0 Å². The zero-order chi connectivity index (χ0) is 14.4. The van der Waals surface area contributed by atoms with Gasteiger partial charge in [-0.2, -0.15) is 0 Å². The first-order chi connectivity index (χ1) is 9.67. The van der Waals surface area contributed by atoms with Crippen molar-refractivity contribution in [3.63, 3.8) is 0 Å². The second-order valence-corrected chi connectivity index (χ2v) is 4.41. The number of hydrogen-bond acceptors (Lipinski definition) is 2. The zero-order valence-corrected chi connectivity index (χ0v) is 11.6. The molecule has 102 valence electrons. The zero-order valence-electron chi connectivity index (χ0n) is 11.6. The number of rotatable bonds is 4. The summed E-state index contributed by atoms with van der Waals surface area (Å²) in [6.45, 7) is 1.50. The molecular weight excluding hydrogens is 250 g/mol. The normalized spacial score (nSPS) is 10.5. The van der Waals surface area contributed by atoms with E-state index in [0.29, 0.717) is 0 Å². The van der Waals surface area contributed by atoms with E-state index in [1.54, 1.807) is 7.11 Å². The van der Waals surface area contributed by atoms with Crippen molar-refractivity contribution in [1.82, 2.24) is 0 Å². The molecule has 0 unspecified atom stereocenters. The summed E-state index contributed by atoms with van der Waals surface area (Å²) in [5.41, 5.74) is 2.93. The van der Waals surface area contributed by atoms with Crippen LogP contribution < -0.4 is 10.1 Å². The summed E-state index contributed by atoms with van der Waals surface area (Å²) >= 11 is 0. The van der Waals surface area contributed by atoms with Crippen molar-refractivity contribution in [3.05, 3.63) is 59.7 Å². The van der Waals surface area contributed by atoms with Crippen molar-refractivity contribution in [1.29, 1.82) is 0 Å². The molecule has 1 N–H and O–H groups in total. The number of ether oxygens (including phenoxy) is 1. The fourth-order valence-corrected chi connectivity index (χ4v) is 1.83. The third kappa shape index (κ3) is 3.99. The number of benzene rings is 2. The topological polar surface area (TPSA) is 38.3 Å². The third-order valence-electron chi connectivity index (χ3n) is 2.79. The van der Waals surface area contributed by atoms with Gasteiger partial charge in [0, 0.05) is 12.6 Å². The summed E-state index contributed by atoms with van der Waals surface area (Å²) in [5.74, 6) is 0.774. The van der Waals surface area contributed by atoms with Crippen LogP contribution in [0.25, 0.3) is 12.2 Å². The van der Waals surface area contributed by atoms with E-state index in [1.165, 1.54) is 6.92 Å². The Balaban J connectivity index is 2.11. The molecule has 20 heavy (non-hydrogen) atoms. The molecule has 0 aliphatic rings. The molecule has 0 bridgehead atoms. The lowest BCUT2D eigenvalue weighted by Gasteiger charge is -2.03. The van der Waals surface area contributed by atoms with Crippen LogP contribution in [0.2, 0.25) is 0 Å². The lowest BCUT2D eigenvalue weighted by atomic mass is 10.1. The number of amides is 1. The van der Waals surface area contributed by atoms with Crippen LogP contribution in [0.4, 0.5) is 5.69 Å². The Hall–Kier alpha value is -2.55. The van der Waals surface area contributed by atoms with Gasteiger partial charge in [-0.3, -0.25) is 4.79 Å². The minimum Gasteiger partial charge on any atom is -0.497 e. The van der Waals surface area contributed by atoms with Crippen molar-refractivity contribution in [3.8, 4) is 5.75 Å². The average molecular weight is 267 g/mol. The molecule has 0 saturated heterocycles. The Kier molecular flexibility index (Phi) is 4.56. The molecule has 1 amide bonds. The Morgan fingerprint density at radius 1 is 1.05 bits per heavy atom. The molecule has 0 aliphatic carbocycles. The maximum Gasteiger partial charge on any atom is 0.221 e. The highest BCUT2D eigenvalue weighted by Crippen LogP contribution is 2.16. The van der Waals surface area contributed by atoms with E-state index in [0.717, 1.165) is 22.6 Å². The highest BCUT2D eigenvalue weighted by Gasteiger charge is 1.96. The Labute approximate surface area is 118 Å². The van der Waals surface area contributed by atoms with Gasteiger partial charge in [-0.1, -0.05) is 36.4 Å². The van der Waals surface area contributed by atoms with E-state index in [-0.39, 0.29) is 5.91 Å². The van der Waals surface area contributed by atoms with Crippen molar-refractivity contribution < 1.29 is 9.53 Å². The smallest absolute Gasteiger partial charge is 0.221 e. The van der Waals surface area contributed by atoms with Gasteiger partial charge in [0.25, 0.3) is 0 Å². The molecule has 0 spiro atoms. The summed E-state index contributed by atoms with van der Waals surface area (Å²) in [6, 6.07) is 15.5. The molecule has 2 rings (SSSR count). The minimum atomic E-state index is -0.0683. The third-order valence-corrected chi connectivity index (χ3v) is 2.79. The second kappa shape index (κ2) is 6.57. The summed E-state index contributed by atoms with van der Waals surface area (Å²) in [5, 5.41) is 2.77. The molecule has 3 nitrogen and oxygen atoms in total. The minimum absolute atomic E-state index is 0.0683. The van der Waals surface area contributed by atoms with E-state index >= 15 is 0 Å². The summed E-state index contributed by atoms with van der Waals surface area (Å²) < 4.78 is 5.12. The first kappa shape index (κ1) is 13.9. The van der Waals surface area contributed by atoms with Gasteiger partial charge in [0.05, 0.1) is 7.11 Å². The van der Waals surface area contributed by atoms with Crippen molar-refractivity contribution in [2.24, 2.45) is 0 Å². The van der Waals surface area contributed by atoms with Crippen molar-refractivity contribution in [2.75, 3.05) is 12.4 Å². The largest absolute Gasteiger partial charge is 0.497 e. The molecule has 0 aromatic heterocycles. The van der Waals surface area contributed by atoms with Crippen LogP contribution in [-0.4, -0.2) is 13.0 Å². The van der Waals surface area contributed by atoms with Crippen LogP contribution in [0.3, 0.4) is 0 Å². The van der Waals surface area contributed by atoms with Gasteiger partial charge in [0.15, 0.2) is 0 Å². The molecule has 0 saturated carbocycles. The summed E-state index contributed by atoms with van der Waals surface area (Å²) in [7, 11) is 1.65. The highest BCUT2D eigenvalue weighted by atomic mass is 16.5. The van der Waals surface area contributed by atoms with Crippen LogP contribution in [0.15, 0.2) is 48.5 Å². The fraction of sp³-hybridized carbons (Fsp3) is 0.118. The molecule has 0 radical (unpaired) electrons. The average Bonchev–Trinajstić information content (AvgIpc) is 2.45. The first-order valence-electron chi connectivity index (χ1n) is 6.37. The molecule has 2 aromatic rings. The predicted octanol–water partition coefficient (Wildman–Crippen LogP) is 3.82. The van der Waals surface area contributed by atoms with E-state index in [2.05, 4.69) is 5.32 Å². The highest BCUT2D eigenvalue weighted by molar-refractivity contribution is 5.89. The van der Waals surface area contributed by atoms with Gasteiger partial charge >= 0.3 is 0 Å². The Morgan fingerprint density at radius 3 is 2.40 bits per heavy atom. The summed E-state index contributed by atoms with van der Waals surface area (Å²) in [6.07, 6.45) is 4.03. The lowest BCUT2D eigenvalue weighted by molar-refractivity contribution is -0.114. The van der Waals surface area contributed by atoms with Crippen LogP contribution in [0, 0.1) is 0 Å². The molecular formula is C17H17NO2. The number of hydrogen-bond donors (Lipinski definition) is 1. The van der Waals surface area contributed by atoms with Gasteiger partial charge in [0.2, 0.25) is 5.91 Å². The lowest BCUT2D eigenvalue weighted by Crippen LogP contribution is -2.05. The molecule has 3 heteroatoms. The molecule has 0 fully saturated rings. The Morgan fingerprint density at radius 2 is 1.75 bits per heavy atom. The standard InChI is InChI=1S/C17H17NO2/c1-13(19)18-16-5-3-4-15(12-16)7-6-14-8-10-17(20-2)11-9-14/h3-12H,1-2H3,(H,18,19)/b7-6+. The summed E-state index contributed by atoms with van der Waals surface area (Å²) in [4.78, 5) is 11.0. The number of carbonyl (C=O) groups excluding carboxylic acids is 1. The van der Waals surface area contributed by atoms with Crippen LogP contribution in [0.1, 0.15) is 18.1 Å². The van der Waals surface area contributed by atoms with Crippen LogP contribution in [-0.2, 0) is 4.79 Å². The van der Waals surface area contributed by atoms with E-state index in [4.69, 9.17) is 4.74 Å². The van der Waals surface area contributed by atoms with Crippen molar-refractivity contribution in [2.45, 2.75) is 6.92 Å². The van der Waals surface area contributed by atoms with Gasteiger partial charge < -0.3 is 10.1 Å². The quantitative estimate of drug-likeness (QED) is 0.855. The maximum atomic E-state index is 11.0. The monoisotopic (exact) mass is 267 g/mol. The van der Waals surface area contributed by atoms with E-state index in [1.807, 2.05) is 60.7 Å². The number of methoxy groups -OCH3 is 1. The Bertz CT molecular complexity index is 615. The molecule has 0 heterocycles. The van der Waals surface area contributed by atoms with Gasteiger partial charge in [0.1, 0.15) is 5.75 Å². The fourth-order valence-electron chi connectivity index (χ4n) is 1.83. The van der Waals surface area contributed by atoms with Crippen molar-refractivity contribution >= 4 is 23.7 Å². The number of anilines is 1. The second-order valence-electron chi connectivity index (χ2n) is 4.41. The van der Waals surface area contributed by atoms with Gasteiger partial charge in [-0.05, 0) is 35.4 Å². The SMILES string of the molecule is COc1ccc(/C=C/c2cccc(NC(C)=O)c2)cc1. The number of carbonyl (C=O) groups is 1. The van der Waals surface area contributed by atoms with Gasteiger partial charge in [-0.15, -0.1) is 0 Å². The number of nitrogens with one attached hydrogen (secondary N) is 1. The molecule has 0 aliphatic heterocycles. The first-order valence-corrected chi connectivity index (χ1v) is 6.37. The molecule has 0 atom stereocenters. The van der Waals surface area contributed by atoms with Crippen LogP contribution in [0.5, 0.6) is 5.75 Å². The molecule has 2 aromatic carbocycles. The van der Waals surface area contributed by atoms with E-state index < -0.39 is 0 Å².